The topological polar surface area (TPSA) is 99.2 Å². The zero-order valence-corrected chi connectivity index (χ0v) is 16.0. The lowest BCUT2D eigenvalue weighted by molar-refractivity contribution is -0.389. The molecule has 2 aromatic heterocycles. The van der Waals surface area contributed by atoms with Crippen LogP contribution in [0, 0.1) is 10.1 Å². The van der Waals surface area contributed by atoms with Crippen LogP contribution in [0.15, 0.2) is 42.7 Å². The van der Waals surface area contributed by atoms with Crippen molar-refractivity contribution in [3.63, 3.8) is 0 Å². The Kier molecular flexibility index (Phi) is 4.06. The number of fused-ring (bicyclic) bond motifs is 2. The molecule has 2 aliphatic heterocycles. The van der Waals surface area contributed by atoms with Gasteiger partial charge in [0.25, 0.3) is 0 Å². The lowest BCUT2D eigenvalue weighted by Gasteiger charge is -2.33. The fraction of sp³-hybridized carbons (Fsp3) is 0.350. The third-order valence-corrected chi connectivity index (χ3v) is 5.36. The van der Waals surface area contributed by atoms with Gasteiger partial charge in [0.1, 0.15) is 11.8 Å². The second-order valence-corrected chi connectivity index (χ2v) is 7.81. The maximum absolute atomic E-state index is 10.9. The van der Waals surface area contributed by atoms with Crippen LogP contribution in [0.5, 0.6) is 6.01 Å². The molecule has 29 heavy (non-hydrogen) atoms. The van der Waals surface area contributed by atoms with Crippen molar-refractivity contribution in [2.45, 2.75) is 32.0 Å². The van der Waals surface area contributed by atoms with Gasteiger partial charge in [-0.1, -0.05) is 30.3 Å². The molecule has 0 saturated heterocycles. The van der Waals surface area contributed by atoms with Gasteiger partial charge in [-0.3, -0.25) is 9.47 Å². The van der Waals surface area contributed by atoms with E-state index in [9.17, 15) is 10.1 Å². The maximum Gasteiger partial charge on any atom is 0.415 e. The van der Waals surface area contributed by atoms with E-state index in [1.807, 2.05) is 43.5 Å². The first-order chi connectivity index (χ1) is 14.0. The van der Waals surface area contributed by atoms with E-state index in [4.69, 9.17) is 9.72 Å². The summed E-state index contributed by atoms with van der Waals surface area (Å²) in [6.45, 7) is 4.88. The fourth-order valence-electron chi connectivity index (χ4n) is 4.07. The molecule has 1 atom stereocenters. The van der Waals surface area contributed by atoms with Gasteiger partial charge in [0.05, 0.1) is 12.2 Å². The first-order valence-electron chi connectivity index (χ1n) is 9.52. The molecule has 1 aromatic carbocycles. The first kappa shape index (κ1) is 17.7. The lowest BCUT2D eigenvalue weighted by Crippen LogP contribution is -2.46. The van der Waals surface area contributed by atoms with Crippen molar-refractivity contribution < 1.29 is 9.66 Å². The fourth-order valence-corrected chi connectivity index (χ4v) is 4.07. The maximum atomic E-state index is 10.9. The molecule has 0 aliphatic carbocycles. The largest absolute Gasteiger partial charge is 0.436 e. The van der Waals surface area contributed by atoms with E-state index in [1.165, 1.54) is 6.20 Å². The molecule has 2 aliphatic rings. The van der Waals surface area contributed by atoms with Gasteiger partial charge in [-0.05, 0) is 11.8 Å². The highest BCUT2D eigenvalue weighted by Crippen LogP contribution is 2.32. The van der Waals surface area contributed by atoms with E-state index in [0.29, 0.717) is 19.1 Å². The molecule has 3 aromatic rings. The van der Waals surface area contributed by atoms with Crippen LogP contribution in [0.3, 0.4) is 0 Å². The Morgan fingerprint density at radius 1 is 1.28 bits per heavy atom. The summed E-state index contributed by atoms with van der Waals surface area (Å²) in [5.41, 5.74) is 2.77. The molecule has 0 bridgehead atoms. The summed E-state index contributed by atoms with van der Waals surface area (Å²) in [7, 11) is 0. The van der Waals surface area contributed by atoms with Gasteiger partial charge in [-0.2, -0.15) is 0 Å². The highest BCUT2D eigenvalue weighted by atomic mass is 16.6. The Hall–Kier alpha value is -3.33. The monoisotopic (exact) mass is 392 g/mol. The number of hydrogen-bond donors (Lipinski definition) is 0. The molecule has 0 saturated carbocycles. The van der Waals surface area contributed by atoms with Crippen molar-refractivity contribution in [1.82, 2.24) is 24.4 Å². The summed E-state index contributed by atoms with van der Waals surface area (Å²) < 4.78 is 7.68. The molecule has 0 radical (unpaired) electrons. The number of imidazole rings is 1. The Morgan fingerprint density at radius 2 is 2.10 bits per heavy atom. The molecule has 1 unspecified atom stereocenters. The number of rotatable bonds is 4. The van der Waals surface area contributed by atoms with Gasteiger partial charge in [0, 0.05) is 48.4 Å². The van der Waals surface area contributed by atoms with E-state index in [1.54, 1.807) is 4.57 Å². The Bertz CT molecular complexity index is 1060. The van der Waals surface area contributed by atoms with Crippen LogP contribution in [0.1, 0.15) is 18.2 Å². The summed E-state index contributed by atoms with van der Waals surface area (Å²) in [6, 6.07) is 10.3. The number of benzene rings is 1. The number of nitro groups is 1. The summed E-state index contributed by atoms with van der Waals surface area (Å²) >= 11 is 0. The van der Waals surface area contributed by atoms with Gasteiger partial charge in [-0.25, -0.2) is 9.97 Å². The molecule has 5 rings (SSSR count). The van der Waals surface area contributed by atoms with Crippen LogP contribution >= 0.6 is 0 Å². The number of hydrogen-bond acceptors (Lipinski definition) is 7. The Morgan fingerprint density at radius 3 is 2.86 bits per heavy atom. The minimum Gasteiger partial charge on any atom is -0.436 e. The van der Waals surface area contributed by atoms with Crippen LogP contribution in [0.4, 0.5) is 5.82 Å². The van der Waals surface area contributed by atoms with E-state index in [-0.39, 0.29) is 5.82 Å². The van der Waals surface area contributed by atoms with Gasteiger partial charge in [0.2, 0.25) is 0 Å². The van der Waals surface area contributed by atoms with Crippen LogP contribution in [0.25, 0.3) is 11.4 Å². The van der Waals surface area contributed by atoms with Crippen LogP contribution in [0.2, 0.25) is 0 Å². The minimum atomic E-state index is -0.503. The summed E-state index contributed by atoms with van der Waals surface area (Å²) in [4.78, 5) is 26.0. The van der Waals surface area contributed by atoms with E-state index in [0.717, 1.165) is 42.2 Å². The van der Waals surface area contributed by atoms with E-state index >= 15 is 0 Å². The van der Waals surface area contributed by atoms with E-state index in [2.05, 4.69) is 14.9 Å². The Balaban J connectivity index is 1.28. The summed E-state index contributed by atoms with van der Waals surface area (Å²) in [5, 5.41) is 10.9. The molecule has 4 heterocycles. The van der Waals surface area contributed by atoms with Gasteiger partial charge in [-0.15, -0.1) is 0 Å². The molecule has 0 spiro atoms. The molecule has 9 heteroatoms. The third-order valence-electron chi connectivity index (χ3n) is 5.36. The highest BCUT2D eigenvalue weighted by molar-refractivity contribution is 5.54. The highest BCUT2D eigenvalue weighted by Gasteiger charge is 2.41. The zero-order chi connectivity index (χ0) is 20.0. The predicted octanol–water partition coefficient (Wildman–Crippen LogP) is 2.46. The number of ether oxygens (including phenoxy) is 1. The predicted molar refractivity (Wildman–Crippen MR) is 104 cm³/mol. The normalized spacial score (nSPS) is 20.7. The van der Waals surface area contributed by atoms with Gasteiger partial charge >= 0.3 is 11.8 Å². The number of nitrogens with zero attached hydrogens (tertiary/aromatic N) is 6. The average molecular weight is 392 g/mol. The number of aromatic nitrogens is 4. The van der Waals surface area contributed by atoms with Crippen LogP contribution in [-0.2, 0) is 19.5 Å². The summed E-state index contributed by atoms with van der Waals surface area (Å²) in [6.07, 6.45) is 4.21. The van der Waals surface area contributed by atoms with Crippen molar-refractivity contribution in [1.29, 1.82) is 0 Å². The standard InChI is InChI=1S/C20H20N6O3/c1-20(13-25-11-17(26(27)28)23-19(25)29-20)12-24-8-7-16-15(10-24)9-21-18(22-16)14-5-3-2-4-6-14/h2-6,9,11H,7-8,10,12-13H2,1H3. The van der Waals surface area contributed by atoms with Crippen molar-refractivity contribution in [3.05, 3.63) is 64.1 Å². The SMILES string of the molecule is CC1(CN2CCc3nc(-c4ccccc4)ncc3C2)Cn2cc([N+](=O)[O-])nc2O1. The molecule has 0 amide bonds. The second kappa shape index (κ2) is 6.63. The molecule has 148 valence electrons. The Labute approximate surface area is 167 Å². The molecular weight excluding hydrogens is 372 g/mol. The quantitative estimate of drug-likeness (QED) is 0.497. The zero-order valence-electron chi connectivity index (χ0n) is 16.0. The summed E-state index contributed by atoms with van der Waals surface area (Å²) in [5.74, 6) is 0.580. The first-order valence-corrected chi connectivity index (χ1v) is 9.52. The van der Waals surface area contributed by atoms with Gasteiger partial charge in [0.15, 0.2) is 5.82 Å². The van der Waals surface area contributed by atoms with Crippen molar-refractivity contribution in [3.8, 4) is 17.4 Å². The molecule has 0 N–H and O–H groups in total. The van der Waals surface area contributed by atoms with Crippen molar-refractivity contribution >= 4 is 5.82 Å². The molecule has 0 fully saturated rings. The molecule has 9 nitrogen and oxygen atoms in total. The minimum absolute atomic E-state index is 0.180. The van der Waals surface area contributed by atoms with Crippen molar-refractivity contribution in [2.75, 3.05) is 13.1 Å². The second-order valence-electron chi connectivity index (χ2n) is 7.81. The average Bonchev–Trinajstić information content (AvgIpc) is 3.23. The van der Waals surface area contributed by atoms with Crippen LogP contribution < -0.4 is 4.74 Å². The molecular formula is C20H20N6O3. The van der Waals surface area contributed by atoms with E-state index < -0.39 is 10.5 Å². The third kappa shape index (κ3) is 3.33. The smallest absolute Gasteiger partial charge is 0.415 e. The van der Waals surface area contributed by atoms with Gasteiger partial charge < -0.3 is 14.9 Å². The van der Waals surface area contributed by atoms with Crippen molar-refractivity contribution in [2.24, 2.45) is 0 Å². The lowest BCUT2D eigenvalue weighted by atomic mass is 10.0. The van der Waals surface area contributed by atoms with Crippen LogP contribution in [-0.4, -0.2) is 48.0 Å².